The van der Waals surface area contributed by atoms with E-state index in [1.54, 1.807) is 24.3 Å². The Labute approximate surface area is 136 Å². The number of ether oxygens (including phenoxy) is 1. The van der Waals surface area contributed by atoms with E-state index in [9.17, 15) is 10.1 Å². The van der Waals surface area contributed by atoms with Crippen LogP contribution in [0.5, 0.6) is 5.75 Å². The molecule has 0 saturated heterocycles. The average Bonchev–Trinajstić information content (AvgIpc) is 2.55. The van der Waals surface area contributed by atoms with Crippen LogP contribution in [-0.2, 0) is 0 Å². The zero-order valence-electron chi connectivity index (χ0n) is 12.0. The topological polar surface area (TPSA) is 90.2 Å². The van der Waals surface area contributed by atoms with Gasteiger partial charge in [0, 0.05) is 23.2 Å². The standard InChI is InChI=1S/C15H11ClN4O3/c1-23-14-5-2-9(6-12(14)16)19-15-11-7-10(20(21)22)3-4-13(11)17-8-18-15/h2-8H,1H3,(H,17,18,19). The number of aromatic nitrogens is 2. The van der Waals surface area contributed by atoms with Gasteiger partial charge < -0.3 is 10.1 Å². The molecule has 0 saturated carbocycles. The van der Waals surface area contributed by atoms with E-state index in [1.165, 1.54) is 25.6 Å². The second kappa shape index (κ2) is 6.05. The van der Waals surface area contributed by atoms with Crippen LogP contribution >= 0.6 is 11.6 Å². The molecule has 0 aliphatic heterocycles. The van der Waals surface area contributed by atoms with Gasteiger partial charge in [-0.15, -0.1) is 0 Å². The Hall–Kier alpha value is -2.93. The minimum Gasteiger partial charge on any atom is -0.495 e. The molecule has 0 radical (unpaired) electrons. The van der Waals surface area contributed by atoms with E-state index in [0.717, 1.165) is 0 Å². The molecule has 0 fully saturated rings. The Morgan fingerprint density at radius 1 is 1.22 bits per heavy atom. The van der Waals surface area contributed by atoms with Crippen LogP contribution in [0.1, 0.15) is 0 Å². The third-order valence-electron chi connectivity index (χ3n) is 3.24. The van der Waals surface area contributed by atoms with E-state index < -0.39 is 4.92 Å². The first-order valence-corrected chi connectivity index (χ1v) is 6.96. The van der Waals surface area contributed by atoms with E-state index in [2.05, 4.69) is 15.3 Å². The maximum Gasteiger partial charge on any atom is 0.270 e. The van der Waals surface area contributed by atoms with Crippen molar-refractivity contribution in [2.45, 2.75) is 0 Å². The van der Waals surface area contributed by atoms with Gasteiger partial charge in [-0.1, -0.05) is 11.6 Å². The van der Waals surface area contributed by atoms with Gasteiger partial charge in [-0.3, -0.25) is 10.1 Å². The summed E-state index contributed by atoms with van der Waals surface area (Å²) < 4.78 is 5.10. The SMILES string of the molecule is COc1ccc(Nc2ncnc3ccc([N+](=O)[O-])cc23)cc1Cl. The van der Waals surface area contributed by atoms with Crippen LogP contribution in [0.3, 0.4) is 0 Å². The van der Waals surface area contributed by atoms with Gasteiger partial charge in [0.1, 0.15) is 17.9 Å². The highest BCUT2D eigenvalue weighted by molar-refractivity contribution is 6.32. The number of nitrogens with zero attached hydrogens (tertiary/aromatic N) is 3. The Balaban J connectivity index is 2.04. The summed E-state index contributed by atoms with van der Waals surface area (Å²) in [7, 11) is 1.53. The fourth-order valence-corrected chi connectivity index (χ4v) is 2.40. The minimum absolute atomic E-state index is 0.0249. The summed E-state index contributed by atoms with van der Waals surface area (Å²) in [4.78, 5) is 18.7. The molecule has 23 heavy (non-hydrogen) atoms. The first kappa shape index (κ1) is 15.0. The Morgan fingerprint density at radius 3 is 2.74 bits per heavy atom. The first-order chi connectivity index (χ1) is 11.1. The molecule has 2 aromatic carbocycles. The zero-order valence-corrected chi connectivity index (χ0v) is 12.7. The monoisotopic (exact) mass is 330 g/mol. The molecule has 0 aliphatic rings. The number of rotatable bonds is 4. The molecule has 0 aliphatic carbocycles. The highest BCUT2D eigenvalue weighted by Gasteiger charge is 2.11. The molecule has 8 heteroatoms. The lowest BCUT2D eigenvalue weighted by Gasteiger charge is -2.10. The fraction of sp³-hybridized carbons (Fsp3) is 0.0667. The van der Waals surface area contributed by atoms with Crippen molar-refractivity contribution in [1.82, 2.24) is 9.97 Å². The van der Waals surface area contributed by atoms with E-state index >= 15 is 0 Å². The second-order valence-corrected chi connectivity index (χ2v) is 5.06. The van der Waals surface area contributed by atoms with Gasteiger partial charge in [0.25, 0.3) is 5.69 Å². The number of halogens is 1. The van der Waals surface area contributed by atoms with Crippen LogP contribution in [0.25, 0.3) is 10.9 Å². The van der Waals surface area contributed by atoms with Gasteiger partial charge in [0.15, 0.2) is 0 Å². The van der Waals surface area contributed by atoms with Crippen molar-refractivity contribution in [1.29, 1.82) is 0 Å². The largest absolute Gasteiger partial charge is 0.495 e. The van der Waals surface area contributed by atoms with Gasteiger partial charge in [-0.25, -0.2) is 9.97 Å². The molecule has 1 aromatic heterocycles. The molecule has 0 atom stereocenters. The number of methoxy groups -OCH3 is 1. The van der Waals surface area contributed by atoms with E-state index in [1.807, 2.05) is 0 Å². The van der Waals surface area contributed by atoms with Crippen LogP contribution in [-0.4, -0.2) is 22.0 Å². The molecular weight excluding hydrogens is 320 g/mol. The predicted molar refractivity (Wildman–Crippen MR) is 87.5 cm³/mol. The number of non-ortho nitro benzene ring substituents is 1. The van der Waals surface area contributed by atoms with Crippen molar-refractivity contribution in [3.63, 3.8) is 0 Å². The first-order valence-electron chi connectivity index (χ1n) is 6.58. The predicted octanol–water partition coefficient (Wildman–Crippen LogP) is 3.94. The number of hydrogen-bond donors (Lipinski definition) is 1. The molecule has 1 heterocycles. The van der Waals surface area contributed by atoms with Crippen molar-refractivity contribution in [3.8, 4) is 5.75 Å². The van der Waals surface area contributed by atoms with Crippen LogP contribution in [0, 0.1) is 10.1 Å². The Kier molecular flexibility index (Phi) is 3.94. The van der Waals surface area contributed by atoms with Crippen molar-refractivity contribution < 1.29 is 9.66 Å². The lowest BCUT2D eigenvalue weighted by atomic mass is 10.2. The van der Waals surface area contributed by atoms with Gasteiger partial charge in [0.2, 0.25) is 0 Å². The van der Waals surface area contributed by atoms with Crippen molar-refractivity contribution in [3.05, 3.63) is 57.9 Å². The molecule has 0 amide bonds. The third kappa shape index (κ3) is 3.00. The van der Waals surface area contributed by atoms with E-state index in [0.29, 0.717) is 33.2 Å². The van der Waals surface area contributed by atoms with Crippen molar-refractivity contribution in [2.24, 2.45) is 0 Å². The number of benzene rings is 2. The number of anilines is 2. The Bertz CT molecular complexity index is 901. The zero-order chi connectivity index (χ0) is 16.4. The molecule has 116 valence electrons. The second-order valence-electron chi connectivity index (χ2n) is 4.66. The summed E-state index contributed by atoms with van der Waals surface area (Å²) >= 11 is 6.09. The van der Waals surface area contributed by atoms with Gasteiger partial charge in [-0.05, 0) is 24.3 Å². The maximum absolute atomic E-state index is 10.9. The summed E-state index contributed by atoms with van der Waals surface area (Å²) in [5.41, 5.74) is 1.26. The molecule has 3 aromatic rings. The van der Waals surface area contributed by atoms with E-state index in [-0.39, 0.29) is 5.69 Å². The van der Waals surface area contributed by atoms with Crippen LogP contribution < -0.4 is 10.1 Å². The van der Waals surface area contributed by atoms with Crippen LogP contribution in [0.2, 0.25) is 5.02 Å². The van der Waals surface area contributed by atoms with Gasteiger partial charge in [0.05, 0.1) is 22.6 Å². The number of fused-ring (bicyclic) bond motifs is 1. The van der Waals surface area contributed by atoms with Gasteiger partial charge >= 0.3 is 0 Å². The average molecular weight is 331 g/mol. The summed E-state index contributed by atoms with van der Waals surface area (Å²) in [5.74, 6) is 1.01. The normalized spacial score (nSPS) is 10.5. The number of hydrogen-bond acceptors (Lipinski definition) is 6. The fourth-order valence-electron chi connectivity index (χ4n) is 2.14. The molecule has 7 nitrogen and oxygen atoms in total. The summed E-state index contributed by atoms with van der Waals surface area (Å²) in [6, 6.07) is 9.60. The quantitative estimate of drug-likeness (QED) is 0.575. The molecular formula is C15H11ClN4O3. The molecule has 1 N–H and O–H groups in total. The van der Waals surface area contributed by atoms with Crippen LogP contribution in [0.4, 0.5) is 17.2 Å². The molecule has 0 unspecified atom stereocenters. The summed E-state index contributed by atoms with van der Waals surface area (Å²) in [6.45, 7) is 0. The summed E-state index contributed by atoms with van der Waals surface area (Å²) in [5, 5.41) is 15.0. The number of nitro groups is 1. The smallest absolute Gasteiger partial charge is 0.270 e. The highest BCUT2D eigenvalue weighted by Crippen LogP contribution is 2.31. The van der Waals surface area contributed by atoms with Crippen molar-refractivity contribution >= 4 is 39.7 Å². The number of nitrogens with one attached hydrogen (secondary N) is 1. The maximum atomic E-state index is 10.9. The van der Waals surface area contributed by atoms with Crippen molar-refractivity contribution in [2.75, 3.05) is 12.4 Å². The molecule has 3 rings (SSSR count). The lowest BCUT2D eigenvalue weighted by Crippen LogP contribution is -1.97. The van der Waals surface area contributed by atoms with Gasteiger partial charge in [-0.2, -0.15) is 0 Å². The lowest BCUT2D eigenvalue weighted by molar-refractivity contribution is -0.384. The Morgan fingerprint density at radius 2 is 2.04 bits per heavy atom. The van der Waals surface area contributed by atoms with Crippen LogP contribution in [0.15, 0.2) is 42.7 Å². The molecule has 0 spiro atoms. The minimum atomic E-state index is -0.458. The number of nitro benzene ring substituents is 1. The summed E-state index contributed by atoms with van der Waals surface area (Å²) in [6.07, 6.45) is 1.39. The molecule has 0 bridgehead atoms. The van der Waals surface area contributed by atoms with E-state index in [4.69, 9.17) is 16.3 Å². The highest BCUT2D eigenvalue weighted by atomic mass is 35.5. The third-order valence-corrected chi connectivity index (χ3v) is 3.54.